The molecule has 0 spiro atoms. The number of ether oxygens (including phenoxy) is 1. The van der Waals surface area contributed by atoms with Crippen LogP contribution in [-0.4, -0.2) is 34.1 Å². The quantitative estimate of drug-likeness (QED) is 0.560. The van der Waals surface area contributed by atoms with Gasteiger partial charge in [0.25, 0.3) is 0 Å². The molecule has 0 aliphatic heterocycles. The molecule has 1 aromatic carbocycles. The van der Waals surface area contributed by atoms with Crippen molar-refractivity contribution >= 4 is 5.91 Å². The largest absolute Gasteiger partial charge is 0.496 e. The lowest BCUT2D eigenvalue weighted by Crippen LogP contribution is -2.32. The summed E-state index contributed by atoms with van der Waals surface area (Å²) in [5.74, 6) is 2.49. The van der Waals surface area contributed by atoms with Gasteiger partial charge in [-0.3, -0.25) is 4.79 Å². The van der Waals surface area contributed by atoms with Crippen molar-refractivity contribution in [2.24, 2.45) is 0 Å². The topological polar surface area (TPSA) is 81.6 Å². The van der Waals surface area contributed by atoms with Crippen molar-refractivity contribution < 1.29 is 18.5 Å². The van der Waals surface area contributed by atoms with Gasteiger partial charge in [0.1, 0.15) is 5.75 Å². The number of nitrogens with zero attached hydrogens (tertiary/aromatic N) is 3. The highest BCUT2D eigenvalue weighted by molar-refractivity contribution is 5.77. The summed E-state index contributed by atoms with van der Waals surface area (Å²) in [4.78, 5) is 19.1. The van der Waals surface area contributed by atoms with Gasteiger partial charge in [-0.1, -0.05) is 23.4 Å². The first kappa shape index (κ1) is 18.3. The van der Waals surface area contributed by atoms with Crippen LogP contribution in [-0.2, 0) is 17.8 Å². The summed E-state index contributed by atoms with van der Waals surface area (Å²) in [6.07, 6.45) is 5.37. The summed E-state index contributed by atoms with van der Waals surface area (Å²) in [6.45, 7) is 0.580. The van der Waals surface area contributed by atoms with Crippen molar-refractivity contribution in [1.29, 1.82) is 0 Å². The van der Waals surface area contributed by atoms with E-state index in [1.807, 2.05) is 29.2 Å². The van der Waals surface area contributed by atoms with Gasteiger partial charge in [-0.2, -0.15) is 4.98 Å². The minimum absolute atomic E-state index is 0.152. The molecule has 2 aromatic heterocycles. The minimum atomic E-state index is 0.152. The average Bonchev–Trinajstić information content (AvgIpc) is 3.19. The zero-order valence-electron chi connectivity index (χ0n) is 15.8. The van der Waals surface area contributed by atoms with Crippen molar-refractivity contribution in [3.63, 3.8) is 0 Å². The maximum atomic E-state index is 12.8. The molecule has 3 aromatic rings. The molecule has 28 heavy (non-hydrogen) atoms. The second kappa shape index (κ2) is 8.29. The number of carbonyl (C=O) groups excluding carboxylic acids is 1. The van der Waals surface area contributed by atoms with Crippen LogP contribution in [0.25, 0.3) is 11.6 Å². The maximum absolute atomic E-state index is 12.8. The predicted molar refractivity (Wildman–Crippen MR) is 102 cm³/mol. The van der Waals surface area contributed by atoms with Crippen molar-refractivity contribution in [3.8, 4) is 17.3 Å². The van der Waals surface area contributed by atoms with Gasteiger partial charge in [0.2, 0.25) is 17.6 Å². The van der Waals surface area contributed by atoms with E-state index in [1.54, 1.807) is 25.5 Å². The molecule has 1 aliphatic rings. The van der Waals surface area contributed by atoms with Crippen LogP contribution in [0.3, 0.4) is 0 Å². The van der Waals surface area contributed by atoms with Gasteiger partial charge in [-0.25, -0.2) is 0 Å². The van der Waals surface area contributed by atoms with Gasteiger partial charge in [0.05, 0.1) is 13.4 Å². The van der Waals surface area contributed by atoms with Gasteiger partial charge in [-0.15, -0.1) is 0 Å². The molecule has 0 atom stereocenters. The lowest BCUT2D eigenvalue weighted by Gasteiger charge is -2.23. The summed E-state index contributed by atoms with van der Waals surface area (Å²) in [5, 5.41) is 3.92. The van der Waals surface area contributed by atoms with Crippen molar-refractivity contribution in [3.05, 3.63) is 54.1 Å². The predicted octanol–water partition coefficient (Wildman–Crippen LogP) is 3.85. The van der Waals surface area contributed by atoms with E-state index in [-0.39, 0.29) is 5.91 Å². The van der Waals surface area contributed by atoms with Crippen LogP contribution < -0.4 is 4.74 Å². The third-order valence-electron chi connectivity index (χ3n) is 4.83. The van der Waals surface area contributed by atoms with Crippen LogP contribution in [0.5, 0.6) is 5.75 Å². The van der Waals surface area contributed by atoms with E-state index in [9.17, 15) is 4.79 Å². The highest BCUT2D eigenvalue weighted by Crippen LogP contribution is 2.31. The normalized spacial score (nSPS) is 13.5. The Bertz CT molecular complexity index is 915. The number of aromatic nitrogens is 2. The Hall–Kier alpha value is -3.09. The fraction of sp³-hybridized carbons (Fsp3) is 0.381. The average molecular weight is 381 g/mol. The number of para-hydroxylation sites is 1. The van der Waals surface area contributed by atoms with E-state index in [0.29, 0.717) is 49.3 Å². The number of benzene rings is 1. The molecule has 0 N–H and O–H groups in total. The number of aryl methyl sites for hydroxylation is 1. The zero-order valence-corrected chi connectivity index (χ0v) is 15.8. The lowest BCUT2D eigenvalue weighted by atomic mass is 10.1. The van der Waals surface area contributed by atoms with Crippen LogP contribution in [0.2, 0.25) is 0 Å². The molecular formula is C21H23N3O4. The van der Waals surface area contributed by atoms with Gasteiger partial charge >= 0.3 is 0 Å². The first-order valence-electron chi connectivity index (χ1n) is 9.52. The highest BCUT2D eigenvalue weighted by atomic mass is 16.5. The van der Waals surface area contributed by atoms with Gasteiger partial charge < -0.3 is 18.6 Å². The summed E-state index contributed by atoms with van der Waals surface area (Å²) < 4.78 is 15.9. The molecule has 0 bridgehead atoms. The number of carbonyl (C=O) groups is 1. The fourth-order valence-electron chi connectivity index (χ4n) is 3.22. The van der Waals surface area contributed by atoms with E-state index in [1.165, 1.54) is 0 Å². The maximum Gasteiger partial charge on any atom is 0.238 e. The van der Waals surface area contributed by atoms with Crippen LogP contribution in [0.15, 0.2) is 51.6 Å². The number of amides is 1. The zero-order chi connectivity index (χ0) is 19.3. The molecule has 2 heterocycles. The molecule has 146 valence electrons. The fourth-order valence-corrected chi connectivity index (χ4v) is 3.22. The number of hydrogen-bond acceptors (Lipinski definition) is 6. The Morgan fingerprint density at radius 3 is 2.86 bits per heavy atom. The van der Waals surface area contributed by atoms with Gasteiger partial charge in [0, 0.05) is 31.0 Å². The molecule has 1 saturated carbocycles. The van der Waals surface area contributed by atoms with Gasteiger partial charge in [-0.05, 0) is 37.5 Å². The number of methoxy groups -OCH3 is 1. The van der Waals surface area contributed by atoms with E-state index < -0.39 is 0 Å². The third kappa shape index (κ3) is 4.24. The molecule has 0 saturated heterocycles. The van der Waals surface area contributed by atoms with E-state index in [4.69, 9.17) is 13.7 Å². The molecule has 1 amide bonds. The molecule has 7 nitrogen and oxygen atoms in total. The summed E-state index contributed by atoms with van der Waals surface area (Å²) in [5.41, 5.74) is 1.03. The molecule has 0 radical (unpaired) electrons. The first-order valence-corrected chi connectivity index (χ1v) is 9.52. The first-order chi connectivity index (χ1) is 13.7. The smallest absolute Gasteiger partial charge is 0.238 e. The number of hydrogen-bond donors (Lipinski definition) is 0. The Balaban J connectivity index is 1.33. The molecule has 1 fully saturated rings. The molecule has 0 unspecified atom stereocenters. The van der Waals surface area contributed by atoms with Gasteiger partial charge in [0.15, 0.2) is 5.76 Å². The Kier molecular flexibility index (Phi) is 5.41. The standard InChI is InChI=1S/C21H23N3O4/c1-26-17-7-3-2-6-15(17)14-24(16-11-12-16)20(25)10-4-9-19-22-21(23-28-19)18-8-5-13-27-18/h2-3,5-8,13,16H,4,9-12,14H2,1H3. The molecule has 4 rings (SSSR count). The Morgan fingerprint density at radius 2 is 2.11 bits per heavy atom. The van der Waals surface area contributed by atoms with Crippen molar-refractivity contribution in [2.45, 2.75) is 44.7 Å². The Morgan fingerprint density at radius 1 is 1.25 bits per heavy atom. The molecular weight excluding hydrogens is 358 g/mol. The second-order valence-electron chi connectivity index (χ2n) is 6.91. The third-order valence-corrected chi connectivity index (χ3v) is 4.83. The van der Waals surface area contributed by atoms with Crippen LogP contribution in [0.4, 0.5) is 0 Å². The minimum Gasteiger partial charge on any atom is -0.496 e. The van der Waals surface area contributed by atoms with Crippen LogP contribution in [0.1, 0.15) is 37.1 Å². The van der Waals surface area contributed by atoms with Crippen LogP contribution >= 0.6 is 0 Å². The van der Waals surface area contributed by atoms with Crippen molar-refractivity contribution in [1.82, 2.24) is 15.0 Å². The number of furan rings is 1. The van der Waals surface area contributed by atoms with Crippen LogP contribution in [0, 0.1) is 0 Å². The van der Waals surface area contributed by atoms with E-state index in [0.717, 1.165) is 24.2 Å². The van der Waals surface area contributed by atoms with E-state index >= 15 is 0 Å². The SMILES string of the molecule is COc1ccccc1CN(C(=O)CCCc1nc(-c2ccco2)no1)C1CC1. The molecule has 1 aliphatic carbocycles. The Labute approximate surface area is 163 Å². The lowest BCUT2D eigenvalue weighted by molar-refractivity contribution is -0.132. The van der Waals surface area contributed by atoms with E-state index in [2.05, 4.69) is 10.1 Å². The monoisotopic (exact) mass is 381 g/mol. The highest BCUT2D eigenvalue weighted by Gasteiger charge is 2.32. The summed E-state index contributed by atoms with van der Waals surface area (Å²) in [6, 6.07) is 11.7. The molecule has 7 heteroatoms. The number of rotatable bonds is 9. The van der Waals surface area contributed by atoms with Crippen molar-refractivity contribution in [2.75, 3.05) is 7.11 Å². The second-order valence-corrected chi connectivity index (χ2v) is 6.91. The summed E-state index contributed by atoms with van der Waals surface area (Å²) >= 11 is 0. The summed E-state index contributed by atoms with van der Waals surface area (Å²) in [7, 11) is 1.66.